The first-order valence-corrected chi connectivity index (χ1v) is 13.7. The Labute approximate surface area is 236 Å². The summed E-state index contributed by atoms with van der Waals surface area (Å²) in [6, 6.07) is 22.4. The maximum absolute atomic E-state index is 12.9. The van der Waals surface area contributed by atoms with E-state index in [2.05, 4.69) is 77.0 Å². The van der Waals surface area contributed by atoms with Crippen LogP contribution in [-0.2, 0) is 4.79 Å². The zero-order valence-corrected chi connectivity index (χ0v) is 24.0. The summed E-state index contributed by atoms with van der Waals surface area (Å²) >= 11 is 5.86. The molecule has 2 aromatic heterocycles. The number of thiocarbonyl (C=S) groups is 1. The second kappa shape index (κ2) is 11.0. The van der Waals surface area contributed by atoms with Crippen LogP contribution in [0.3, 0.4) is 0 Å². The Morgan fingerprint density at radius 1 is 0.974 bits per heavy atom. The molecule has 3 heterocycles. The van der Waals surface area contributed by atoms with Crippen LogP contribution in [0.5, 0.6) is 0 Å². The Kier molecular flexibility index (Phi) is 7.53. The lowest BCUT2D eigenvalue weighted by atomic mass is 9.96. The molecule has 0 aliphatic carbocycles. The van der Waals surface area contributed by atoms with Gasteiger partial charge in [0.1, 0.15) is 0 Å². The topological polar surface area (TPSA) is 62.2 Å². The SMILES string of the molecule is Cc1cccc(NC(=O)CCN2C(=S)N[C@@H](c3ccccn3)[C@@H]2c2cc(C)n(-c3cc(C)ccc3C)c2C)c1. The van der Waals surface area contributed by atoms with E-state index < -0.39 is 0 Å². The number of pyridine rings is 1. The Morgan fingerprint density at radius 2 is 1.77 bits per heavy atom. The van der Waals surface area contributed by atoms with Crippen molar-refractivity contribution in [3.8, 4) is 5.69 Å². The number of hydrogen-bond acceptors (Lipinski definition) is 3. The largest absolute Gasteiger partial charge is 0.352 e. The maximum atomic E-state index is 12.9. The van der Waals surface area contributed by atoms with Gasteiger partial charge in [-0.1, -0.05) is 30.3 Å². The average Bonchev–Trinajstić information content (AvgIpc) is 3.39. The van der Waals surface area contributed by atoms with Crippen molar-refractivity contribution in [1.82, 2.24) is 19.8 Å². The first-order chi connectivity index (χ1) is 18.7. The van der Waals surface area contributed by atoms with E-state index in [0.717, 1.165) is 28.3 Å². The van der Waals surface area contributed by atoms with Crippen molar-refractivity contribution in [3.05, 3.63) is 112 Å². The normalized spacial score (nSPS) is 16.8. The van der Waals surface area contributed by atoms with E-state index in [1.807, 2.05) is 55.6 Å². The minimum atomic E-state index is -0.133. The highest BCUT2D eigenvalue weighted by atomic mass is 32.1. The molecule has 0 bridgehead atoms. The van der Waals surface area contributed by atoms with Crippen molar-refractivity contribution in [3.63, 3.8) is 0 Å². The van der Waals surface area contributed by atoms with Crippen LogP contribution in [0.1, 0.15) is 57.8 Å². The third-order valence-electron chi connectivity index (χ3n) is 7.47. The van der Waals surface area contributed by atoms with E-state index in [9.17, 15) is 4.79 Å². The van der Waals surface area contributed by atoms with Gasteiger partial charge in [-0.2, -0.15) is 0 Å². The van der Waals surface area contributed by atoms with Crippen LogP contribution >= 0.6 is 12.2 Å². The van der Waals surface area contributed by atoms with Gasteiger partial charge in [-0.3, -0.25) is 9.78 Å². The molecule has 1 aliphatic rings. The first kappa shape index (κ1) is 26.6. The van der Waals surface area contributed by atoms with Crippen molar-refractivity contribution in [1.29, 1.82) is 0 Å². The Balaban J connectivity index is 1.49. The zero-order chi connectivity index (χ0) is 27.7. The van der Waals surface area contributed by atoms with E-state index in [1.54, 1.807) is 0 Å². The molecule has 1 saturated heterocycles. The molecule has 0 radical (unpaired) electrons. The molecule has 2 aromatic carbocycles. The molecule has 1 fully saturated rings. The van der Waals surface area contributed by atoms with E-state index in [4.69, 9.17) is 12.2 Å². The fraction of sp³-hybridized carbons (Fsp3) is 0.281. The molecular formula is C32H35N5OS. The van der Waals surface area contributed by atoms with Gasteiger partial charge in [0.2, 0.25) is 5.91 Å². The predicted molar refractivity (Wildman–Crippen MR) is 161 cm³/mol. The smallest absolute Gasteiger partial charge is 0.226 e. The second-order valence-electron chi connectivity index (χ2n) is 10.4. The molecule has 39 heavy (non-hydrogen) atoms. The number of nitrogens with one attached hydrogen (secondary N) is 2. The molecular weight excluding hydrogens is 502 g/mol. The summed E-state index contributed by atoms with van der Waals surface area (Å²) in [4.78, 5) is 19.8. The molecule has 6 nitrogen and oxygen atoms in total. The number of hydrogen-bond donors (Lipinski definition) is 2. The monoisotopic (exact) mass is 537 g/mol. The van der Waals surface area contributed by atoms with E-state index >= 15 is 0 Å². The molecule has 0 unspecified atom stereocenters. The lowest BCUT2D eigenvalue weighted by Crippen LogP contribution is -2.32. The summed E-state index contributed by atoms with van der Waals surface area (Å²) < 4.78 is 2.33. The molecule has 5 rings (SSSR count). The fourth-order valence-electron chi connectivity index (χ4n) is 5.57. The van der Waals surface area contributed by atoms with Gasteiger partial charge in [-0.25, -0.2) is 0 Å². The van der Waals surface area contributed by atoms with Gasteiger partial charge in [-0.15, -0.1) is 0 Å². The lowest BCUT2D eigenvalue weighted by molar-refractivity contribution is -0.116. The van der Waals surface area contributed by atoms with Gasteiger partial charge >= 0.3 is 0 Å². The summed E-state index contributed by atoms with van der Waals surface area (Å²) in [5, 5.41) is 7.19. The summed E-state index contributed by atoms with van der Waals surface area (Å²) in [6.45, 7) is 11.1. The lowest BCUT2D eigenvalue weighted by Gasteiger charge is -2.28. The van der Waals surface area contributed by atoms with Crippen LogP contribution in [-0.4, -0.2) is 32.0 Å². The number of anilines is 1. The predicted octanol–water partition coefficient (Wildman–Crippen LogP) is 6.42. The summed E-state index contributed by atoms with van der Waals surface area (Å²) in [6.07, 6.45) is 2.13. The number of carbonyl (C=O) groups excluding carboxylic acids is 1. The average molecular weight is 538 g/mol. The maximum Gasteiger partial charge on any atom is 0.226 e. The molecule has 200 valence electrons. The van der Waals surface area contributed by atoms with Gasteiger partial charge in [0.25, 0.3) is 0 Å². The van der Waals surface area contributed by atoms with E-state index in [1.165, 1.54) is 22.4 Å². The number of rotatable bonds is 7. The molecule has 2 N–H and O–H groups in total. The molecule has 0 spiro atoms. The molecule has 0 saturated carbocycles. The minimum absolute atomic E-state index is 0.0377. The Hall–Kier alpha value is -3.97. The van der Waals surface area contributed by atoms with Crippen LogP contribution in [0.15, 0.2) is 72.9 Å². The van der Waals surface area contributed by atoms with Crippen LogP contribution < -0.4 is 10.6 Å². The number of nitrogens with zero attached hydrogens (tertiary/aromatic N) is 3. The van der Waals surface area contributed by atoms with Crippen LogP contribution in [0, 0.1) is 34.6 Å². The van der Waals surface area contributed by atoms with Crippen LogP contribution in [0.4, 0.5) is 5.69 Å². The number of amides is 1. The van der Waals surface area contributed by atoms with Gasteiger partial charge in [0.05, 0.1) is 17.8 Å². The third-order valence-corrected chi connectivity index (χ3v) is 7.83. The Morgan fingerprint density at radius 3 is 2.51 bits per heavy atom. The highest BCUT2D eigenvalue weighted by Crippen LogP contribution is 2.41. The van der Waals surface area contributed by atoms with E-state index in [-0.39, 0.29) is 18.0 Å². The van der Waals surface area contributed by atoms with Crippen molar-refractivity contribution >= 4 is 28.9 Å². The summed E-state index contributed by atoms with van der Waals surface area (Å²) in [7, 11) is 0. The quantitative estimate of drug-likeness (QED) is 0.267. The third kappa shape index (κ3) is 5.45. The van der Waals surface area contributed by atoms with Gasteiger partial charge in [-0.05, 0) is 105 Å². The number of aromatic nitrogens is 2. The van der Waals surface area contributed by atoms with Crippen LogP contribution in [0.2, 0.25) is 0 Å². The fourth-order valence-corrected chi connectivity index (χ4v) is 5.90. The molecule has 7 heteroatoms. The molecule has 4 aromatic rings. The standard InChI is InChI=1S/C32H35N5OS/c1-20-9-8-10-25(17-20)34-29(38)14-16-36-31(30(35-32(36)39)27-11-6-7-15-33-27)26-19-23(4)37(24(26)5)28-18-21(2)12-13-22(28)3/h6-13,15,17-19,30-31H,14,16H2,1-5H3,(H,34,38)(H,35,39)/t30-,31-/m0/s1. The van der Waals surface area contributed by atoms with Crippen molar-refractivity contribution in [2.75, 3.05) is 11.9 Å². The zero-order valence-electron chi connectivity index (χ0n) is 23.2. The number of benzene rings is 2. The van der Waals surface area contributed by atoms with E-state index in [0.29, 0.717) is 18.1 Å². The molecule has 2 atom stereocenters. The van der Waals surface area contributed by atoms with Gasteiger partial charge in [0, 0.05) is 41.9 Å². The minimum Gasteiger partial charge on any atom is -0.352 e. The van der Waals surface area contributed by atoms with Crippen molar-refractivity contribution < 1.29 is 4.79 Å². The molecule has 1 aliphatic heterocycles. The number of carbonyl (C=O) groups is 1. The Bertz CT molecular complexity index is 1530. The van der Waals surface area contributed by atoms with Gasteiger partial charge in [0.15, 0.2) is 5.11 Å². The highest BCUT2D eigenvalue weighted by molar-refractivity contribution is 7.80. The highest BCUT2D eigenvalue weighted by Gasteiger charge is 2.41. The number of aryl methyl sites for hydroxylation is 4. The summed E-state index contributed by atoms with van der Waals surface area (Å²) in [5.41, 5.74) is 9.96. The first-order valence-electron chi connectivity index (χ1n) is 13.3. The van der Waals surface area contributed by atoms with Gasteiger partial charge < -0.3 is 20.1 Å². The second-order valence-corrected chi connectivity index (χ2v) is 10.8. The van der Waals surface area contributed by atoms with Crippen LogP contribution in [0.25, 0.3) is 5.69 Å². The molecule has 1 amide bonds. The summed E-state index contributed by atoms with van der Waals surface area (Å²) in [5.74, 6) is -0.0377. The van der Waals surface area contributed by atoms with Crippen molar-refractivity contribution in [2.45, 2.75) is 53.1 Å². The van der Waals surface area contributed by atoms with Crippen molar-refractivity contribution in [2.24, 2.45) is 0 Å².